The van der Waals surface area contributed by atoms with Gasteiger partial charge in [0.25, 0.3) is 5.91 Å². The van der Waals surface area contributed by atoms with Crippen LogP contribution < -0.4 is 4.74 Å². The first-order valence-electron chi connectivity index (χ1n) is 10.7. The molecule has 0 saturated carbocycles. The number of H-pyrrole nitrogens is 1. The SMILES string of the molecule is O=C(c1cccc2cccnc12)N1CCC(c2cc(CCOc3ccccc3F)[nH]n2)C1. The van der Waals surface area contributed by atoms with E-state index in [1.165, 1.54) is 6.07 Å². The Hall–Kier alpha value is -3.74. The van der Waals surface area contributed by atoms with Gasteiger partial charge in [-0.1, -0.05) is 30.3 Å². The summed E-state index contributed by atoms with van der Waals surface area (Å²) in [5.74, 6) is 0.0697. The second-order valence-electron chi connectivity index (χ2n) is 7.96. The van der Waals surface area contributed by atoms with Crippen LogP contribution in [0.4, 0.5) is 4.39 Å². The van der Waals surface area contributed by atoms with E-state index in [-0.39, 0.29) is 23.4 Å². The number of halogens is 1. The Morgan fingerprint density at radius 1 is 1.16 bits per heavy atom. The first-order chi connectivity index (χ1) is 15.7. The third-order valence-corrected chi connectivity index (χ3v) is 5.87. The van der Waals surface area contributed by atoms with Gasteiger partial charge in [-0.3, -0.25) is 14.9 Å². The molecule has 2 aromatic heterocycles. The van der Waals surface area contributed by atoms with Crippen molar-refractivity contribution < 1.29 is 13.9 Å². The maximum Gasteiger partial charge on any atom is 0.256 e. The molecule has 1 saturated heterocycles. The first-order valence-corrected chi connectivity index (χ1v) is 10.7. The first kappa shape index (κ1) is 20.2. The summed E-state index contributed by atoms with van der Waals surface area (Å²) >= 11 is 0. The van der Waals surface area contributed by atoms with Crippen molar-refractivity contribution in [3.8, 4) is 5.75 Å². The quantitative estimate of drug-likeness (QED) is 0.494. The molecule has 2 aromatic carbocycles. The number of aromatic amines is 1. The number of fused-ring (bicyclic) bond motifs is 1. The number of pyridine rings is 1. The summed E-state index contributed by atoms with van der Waals surface area (Å²) < 4.78 is 19.2. The fourth-order valence-electron chi connectivity index (χ4n) is 4.18. The topological polar surface area (TPSA) is 71.1 Å². The van der Waals surface area contributed by atoms with Gasteiger partial charge in [0, 0.05) is 42.7 Å². The van der Waals surface area contributed by atoms with Crippen molar-refractivity contribution in [3.05, 3.63) is 89.6 Å². The molecular weight excluding hydrogens is 407 g/mol. The highest BCUT2D eigenvalue weighted by Crippen LogP contribution is 2.28. The number of benzene rings is 2. The number of rotatable bonds is 6. The van der Waals surface area contributed by atoms with Crippen LogP contribution in [-0.2, 0) is 6.42 Å². The number of hydrogen-bond acceptors (Lipinski definition) is 4. The predicted octanol–water partition coefficient (Wildman–Crippen LogP) is 4.35. The molecule has 1 unspecified atom stereocenters. The highest BCUT2D eigenvalue weighted by Gasteiger charge is 2.30. The molecule has 0 spiro atoms. The summed E-state index contributed by atoms with van der Waals surface area (Å²) in [5, 5.41) is 8.46. The second kappa shape index (κ2) is 8.78. The number of likely N-dealkylation sites (tertiary alicyclic amines) is 1. The number of carbonyl (C=O) groups excluding carboxylic acids is 1. The van der Waals surface area contributed by atoms with Crippen LogP contribution in [0.1, 0.15) is 34.1 Å². The van der Waals surface area contributed by atoms with Crippen LogP contribution in [0.3, 0.4) is 0 Å². The zero-order chi connectivity index (χ0) is 21.9. The molecule has 1 amide bonds. The maximum atomic E-state index is 13.7. The zero-order valence-electron chi connectivity index (χ0n) is 17.5. The van der Waals surface area contributed by atoms with E-state index < -0.39 is 0 Å². The molecule has 1 aliphatic heterocycles. The molecule has 0 bridgehead atoms. The lowest BCUT2D eigenvalue weighted by molar-refractivity contribution is 0.0792. The second-order valence-corrected chi connectivity index (χ2v) is 7.96. The van der Waals surface area contributed by atoms with Crippen LogP contribution in [-0.4, -0.2) is 45.7 Å². The van der Waals surface area contributed by atoms with Crippen molar-refractivity contribution in [2.24, 2.45) is 0 Å². The average Bonchev–Trinajstić information content (AvgIpc) is 3.49. The zero-order valence-corrected chi connectivity index (χ0v) is 17.5. The van der Waals surface area contributed by atoms with Crippen LogP contribution in [0.5, 0.6) is 5.75 Å². The number of amides is 1. The van der Waals surface area contributed by atoms with Gasteiger partial charge in [-0.15, -0.1) is 0 Å². The van der Waals surface area contributed by atoms with Crippen molar-refractivity contribution in [1.29, 1.82) is 0 Å². The minimum atomic E-state index is -0.366. The summed E-state index contributed by atoms with van der Waals surface area (Å²) in [7, 11) is 0. The molecule has 5 rings (SSSR count). The lowest BCUT2D eigenvalue weighted by Crippen LogP contribution is -2.28. The van der Waals surface area contributed by atoms with E-state index >= 15 is 0 Å². The Morgan fingerprint density at radius 3 is 2.94 bits per heavy atom. The summed E-state index contributed by atoms with van der Waals surface area (Å²) in [6.07, 6.45) is 3.17. The molecule has 4 aromatic rings. The van der Waals surface area contributed by atoms with Gasteiger partial charge in [-0.25, -0.2) is 4.39 Å². The average molecular weight is 430 g/mol. The molecular formula is C25H23FN4O2. The minimum absolute atomic E-state index is 0.00541. The number of aromatic nitrogens is 3. The van der Waals surface area contributed by atoms with Gasteiger partial charge in [0.15, 0.2) is 11.6 Å². The molecule has 1 atom stereocenters. The molecule has 0 radical (unpaired) electrons. The van der Waals surface area contributed by atoms with Crippen molar-refractivity contribution >= 4 is 16.8 Å². The van der Waals surface area contributed by atoms with Crippen LogP contribution in [0.25, 0.3) is 10.9 Å². The third-order valence-electron chi connectivity index (χ3n) is 5.87. The lowest BCUT2D eigenvalue weighted by atomic mass is 10.0. The van der Waals surface area contributed by atoms with Crippen molar-refractivity contribution in [2.45, 2.75) is 18.8 Å². The Bertz CT molecular complexity index is 1250. The molecule has 1 aliphatic rings. The van der Waals surface area contributed by atoms with Crippen molar-refractivity contribution in [1.82, 2.24) is 20.1 Å². The minimum Gasteiger partial charge on any atom is -0.490 e. The van der Waals surface area contributed by atoms with E-state index in [0.717, 1.165) is 28.7 Å². The van der Waals surface area contributed by atoms with E-state index in [1.807, 2.05) is 41.3 Å². The highest BCUT2D eigenvalue weighted by molar-refractivity contribution is 6.05. The standard InChI is InChI=1S/C25H23FN4O2/c26-21-8-1-2-9-23(21)32-14-11-19-15-22(29-28-19)18-10-13-30(16-18)25(31)20-7-3-5-17-6-4-12-27-24(17)20/h1-9,12,15,18H,10-11,13-14,16H2,(H,28,29). The van der Waals surface area contributed by atoms with E-state index in [2.05, 4.69) is 15.2 Å². The normalized spacial score (nSPS) is 15.9. The number of carbonyl (C=O) groups is 1. The van der Waals surface area contributed by atoms with Crippen LogP contribution in [0, 0.1) is 5.82 Å². The number of nitrogens with one attached hydrogen (secondary N) is 1. The van der Waals surface area contributed by atoms with Gasteiger partial charge < -0.3 is 9.64 Å². The molecule has 1 N–H and O–H groups in total. The molecule has 162 valence electrons. The molecule has 6 nitrogen and oxygen atoms in total. The summed E-state index contributed by atoms with van der Waals surface area (Å²) in [6, 6.07) is 17.9. The number of nitrogens with zero attached hydrogens (tertiary/aromatic N) is 3. The van der Waals surface area contributed by atoms with E-state index in [1.54, 1.807) is 24.4 Å². The van der Waals surface area contributed by atoms with Gasteiger partial charge in [-0.2, -0.15) is 5.10 Å². The van der Waals surface area contributed by atoms with Gasteiger partial charge >= 0.3 is 0 Å². The fourth-order valence-corrected chi connectivity index (χ4v) is 4.18. The van der Waals surface area contributed by atoms with Gasteiger partial charge in [0.2, 0.25) is 0 Å². The number of para-hydroxylation sites is 2. The van der Waals surface area contributed by atoms with Crippen LogP contribution in [0.2, 0.25) is 0 Å². The Balaban J connectivity index is 1.21. The summed E-state index contributed by atoms with van der Waals surface area (Å²) in [6.45, 7) is 1.66. The summed E-state index contributed by atoms with van der Waals surface area (Å²) in [5.41, 5.74) is 3.24. The maximum absolute atomic E-state index is 13.7. The van der Waals surface area contributed by atoms with E-state index in [9.17, 15) is 9.18 Å². The predicted molar refractivity (Wildman–Crippen MR) is 119 cm³/mol. The Morgan fingerprint density at radius 2 is 2.03 bits per heavy atom. The Labute approximate surface area is 185 Å². The highest BCUT2D eigenvalue weighted by atomic mass is 19.1. The molecule has 7 heteroatoms. The van der Waals surface area contributed by atoms with Gasteiger partial charge in [0.1, 0.15) is 0 Å². The number of hydrogen-bond donors (Lipinski definition) is 1. The molecule has 3 heterocycles. The van der Waals surface area contributed by atoms with Crippen LogP contribution in [0.15, 0.2) is 66.9 Å². The smallest absolute Gasteiger partial charge is 0.256 e. The van der Waals surface area contributed by atoms with Crippen molar-refractivity contribution in [3.63, 3.8) is 0 Å². The van der Waals surface area contributed by atoms with Gasteiger partial charge in [-0.05, 0) is 36.8 Å². The molecule has 32 heavy (non-hydrogen) atoms. The monoisotopic (exact) mass is 430 g/mol. The fraction of sp³-hybridized carbons (Fsp3) is 0.240. The van der Waals surface area contributed by atoms with Gasteiger partial charge in [0.05, 0.1) is 23.4 Å². The van der Waals surface area contributed by atoms with E-state index in [4.69, 9.17) is 4.74 Å². The Kier molecular flexibility index (Phi) is 5.54. The molecule has 0 aliphatic carbocycles. The molecule has 1 fully saturated rings. The lowest BCUT2D eigenvalue weighted by Gasteiger charge is -2.17. The third kappa shape index (κ3) is 4.06. The largest absolute Gasteiger partial charge is 0.490 e. The van der Waals surface area contributed by atoms with E-state index in [0.29, 0.717) is 31.7 Å². The van der Waals surface area contributed by atoms with Crippen LogP contribution >= 0.6 is 0 Å². The van der Waals surface area contributed by atoms with Crippen molar-refractivity contribution in [2.75, 3.05) is 19.7 Å². The summed E-state index contributed by atoms with van der Waals surface area (Å²) in [4.78, 5) is 19.4. The number of ether oxygens (including phenoxy) is 1.